The lowest BCUT2D eigenvalue weighted by molar-refractivity contribution is -0.384. The average Bonchev–Trinajstić information content (AvgIpc) is 2.27. The lowest BCUT2D eigenvalue weighted by Crippen LogP contribution is -1.98. The van der Waals surface area contributed by atoms with Gasteiger partial charge in [0.25, 0.3) is 5.69 Å². The van der Waals surface area contributed by atoms with Crippen molar-refractivity contribution in [1.29, 1.82) is 0 Å². The van der Waals surface area contributed by atoms with Crippen molar-refractivity contribution in [2.24, 2.45) is 0 Å². The second kappa shape index (κ2) is 5.82. The number of rotatable bonds is 5. The van der Waals surface area contributed by atoms with Gasteiger partial charge in [0, 0.05) is 12.1 Å². The highest BCUT2D eigenvalue weighted by Gasteiger charge is 2.02. The van der Waals surface area contributed by atoms with Crippen molar-refractivity contribution in [2.45, 2.75) is 12.5 Å². The van der Waals surface area contributed by atoms with E-state index in [2.05, 4.69) is 6.58 Å². The van der Waals surface area contributed by atoms with Crippen LogP contribution in [-0.2, 0) is 0 Å². The van der Waals surface area contributed by atoms with Gasteiger partial charge in [-0.2, -0.15) is 0 Å². The van der Waals surface area contributed by atoms with Crippen LogP contribution in [0.2, 0.25) is 0 Å². The van der Waals surface area contributed by atoms with Gasteiger partial charge >= 0.3 is 0 Å². The second-order valence-corrected chi connectivity index (χ2v) is 3.30. The van der Waals surface area contributed by atoms with Crippen molar-refractivity contribution < 1.29 is 10.0 Å². The molecule has 0 fully saturated rings. The molecule has 0 aromatic heterocycles. The molecule has 0 aliphatic rings. The van der Waals surface area contributed by atoms with E-state index in [4.69, 9.17) is 0 Å². The zero-order valence-electron chi connectivity index (χ0n) is 8.74. The molecule has 0 radical (unpaired) electrons. The van der Waals surface area contributed by atoms with Crippen molar-refractivity contribution >= 4 is 11.8 Å². The smallest absolute Gasteiger partial charge is 0.269 e. The van der Waals surface area contributed by atoms with E-state index in [0.717, 1.165) is 5.56 Å². The molecule has 4 heteroatoms. The van der Waals surface area contributed by atoms with E-state index >= 15 is 0 Å². The molecule has 0 aliphatic heterocycles. The average molecular weight is 219 g/mol. The van der Waals surface area contributed by atoms with Crippen molar-refractivity contribution in [3.8, 4) is 0 Å². The fourth-order valence-electron chi connectivity index (χ4n) is 1.18. The Morgan fingerprint density at radius 2 is 2.06 bits per heavy atom. The fourth-order valence-corrected chi connectivity index (χ4v) is 1.18. The van der Waals surface area contributed by atoms with E-state index in [1.54, 1.807) is 30.4 Å². The van der Waals surface area contributed by atoms with Crippen LogP contribution in [0.4, 0.5) is 5.69 Å². The Morgan fingerprint density at radius 3 is 2.56 bits per heavy atom. The standard InChI is InChI=1S/C12H13NO3/c1-2-3-12(14)9-6-10-4-7-11(8-5-10)13(15)16/h2,4-9,12,14H,1,3H2/b9-6+/t12-/m0/s1. The Balaban J connectivity index is 2.68. The molecule has 1 aromatic rings. The van der Waals surface area contributed by atoms with Gasteiger partial charge in [-0.1, -0.05) is 18.2 Å². The van der Waals surface area contributed by atoms with Crippen LogP contribution in [-0.4, -0.2) is 16.1 Å². The van der Waals surface area contributed by atoms with E-state index in [-0.39, 0.29) is 5.69 Å². The Morgan fingerprint density at radius 1 is 1.44 bits per heavy atom. The van der Waals surface area contributed by atoms with E-state index < -0.39 is 11.0 Å². The minimum atomic E-state index is -0.562. The quantitative estimate of drug-likeness (QED) is 0.470. The molecular formula is C12H13NO3. The van der Waals surface area contributed by atoms with Crippen LogP contribution < -0.4 is 0 Å². The van der Waals surface area contributed by atoms with Crippen LogP contribution in [0.15, 0.2) is 43.0 Å². The number of benzene rings is 1. The van der Waals surface area contributed by atoms with Crippen LogP contribution in [0.25, 0.3) is 6.08 Å². The number of aliphatic hydroxyl groups is 1. The Labute approximate surface area is 93.7 Å². The summed E-state index contributed by atoms with van der Waals surface area (Å²) in [5, 5.41) is 19.8. The van der Waals surface area contributed by atoms with E-state index in [1.807, 2.05) is 0 Å². The summed E-state index contributed by atoms with van der Waals surface area (Å²) in [6.07, 6.45) is 4.91. The predicted molar refractivity (Wildman–Crippen MR) is 63.0 cm³/mol. The van der Waals surface area contributed by atoms with Gasteiger partial charge in [0.15, 0.2) is 0 Å². The largest absolute Gasteiger partial charge is 0.389 e. The first kappa shape index (κ1) is 12.1. The monoisotopic (exact) mass is 219 g/mol. The van der Waals surface area contributed by atoms with Crippen molar-refractivity contribution in [1.82, 2.24) is 0 Å². The van der Waals surface area contributed by atoms with E-state index in [1.165, 1.54) is 12.1 Å². The zero-order valence-corrected chi connectivity index (χ0v) is 8.74. The maximum Gasteiger partial charge on any atom is 0.269 e. The molecule has 16 heavy (non-hydrogen) atoms. The molecule has 0 heterocycles. The number of nitrogens with zero attached hydrogens (tertiary/aromatic N) is 1. The van der Waals surface area contributed by atoms with Gasteiger partial charge in [-0.25, -0.2) is 0 Å². The van der Waals surface area contributed by atoms with Crippen LogP contribution in [0.3, 0.4) is 0 Å². The molecule has 1 atom stereocenters. The summed E-state index contributed by atoms with van der Waals surface area (Å²) in [5.74, 6) is 0. The minimum Gasteiger partial charge on any atom is -0.389 e. The number of aliphatic hydroxyl groups excluding tert-OH is 1. The molecule has 1 rings (SSSR count). The van der Waals surface area contributed by atoms with Gasteiger partial charge in [0.2, 0.25) is 0 Å². The maximum absolute atomic E-state index is 10.4. The van der Waals surface area contributed by atoms with Crippen molar-refractivity contribution in [2.75, 3.05) is 0 Å². The van der Waals surface area contributed by atoms with E-state index in [0.29, 0.717) is 6.42 Å². The second-order valence-electron chi connectivity index (χ2n) is 3.30. The third kappa shape index (κ3) is 3.67. The molecule has 0 aliphatic carbocycles. The first-order valence-electron chi connectivity index (χ1n) is 4.85. The molecule has 0 saturated heterocycles. The molecule has 1 N–H and O–H groups in total. The molecule has 0 saturated carbocycles. The summed E-state index contributed by atoms with van der Waals surface area (Å²) >= 11 is 0. The van der Waals surface area contributed by atoms with Gasteiger partial charge in [-0.3, -0.25) is 10.1 Å². The number of nitro benzene ring substituents is 1. The molecule has 0 spiro atoms. The van der Waals surface area contributed by atoms with Crippen molar-refractivity contribution in [3.63, 3.8) is 0 Å². The highest BCUT2D eigenvalue weighted by molar-refractivity contribution is 5.52. The molecule has 1 aromatic carbocycles. The maximum atomic E-state index is 10.4. The van der Waals surface area contributed by atoms with Gasteiger partial charge in [0.1, 0.15) is 0 Å². The van der Waals surface area contributed by atoms with Gasteiger partial charge in [-0.05, 0) is 24.1 Å². The van der Waals surface area contributed by atoms with Crippen LogP contribution in [0.5, 0.6) is 0 Å². The third-order valence-electron chi connectivity index (χ3n) is 2.02. The molecule has 0 amide bonds. The molecule has 0 bridgehead atoms. The Hall–Kier alpha value is -1.94. The lowest BCUT2D eigenvalue weighted by Gasteiger charge is -1.99. The minimum absolute atomic E-state index is 0.0591. The lowest BCUT2D eigenvalue weighted by atomic mass is 10.1. The molecular weight excluding hydrogens is 206 g/mol. The van der Waals surface area contributed by atoms with Crippen LogP contribution in [0.1, 0.15) is 12.0 Å². The molecule has 4 nitrogen and oxygen atoms in total. The highest BCUT2D eigenvalue weighted by atomic mass is 16.6. The first-order valence-corrected chi connectivity index (χ1v) is 4.85. The molecule has 0 unspecified atom stereocenters. The Bertz CT molecular complexity index is 395. The predicted octanol–water partition coefficient (Wildman–Crippen LogP) is 2.55. The van der Waals surface area contributed by atoms with Crippen molar-refractivity contribution in [3.05, 3.63) is 58.7 Å². The molecule has 84 valence electrons. The Kier molecular flexibility index (Phi) is 4.42. The fraction of sp³-hybridized carbons (Fsp3) is 0.167. The summed E-state index contributed by atoms with van der Waals surface area (Å²) < 4.78 is 0. The summed E-state index contributed by atoms with van der Waals surface area (Å²) in [5.41, 5.74) is 0.873. The van der Waals surface area contributed by atoms with Gasteiger partial charge < -0.3 is 5.11 Å². The van der Waals surface area contributed by atoms with Crippen LogP contribution in [0, 0.1) is 10.1 Å². The van der Waals surface area contributed by atoms with Crippen LogP contribution >= 0.6 is 0 Å². The zero-order chi connectivity index (χ0) is 12.0. The normalized spacial score (nSPS) is 12.6. The summed E-state index contributed by atoms with van der Waals surface area (Å²) in [4.78, 5) is 9.96. The first-order chi connectivity index (χ1) is 7.63. The van der Waals surface area contributed by atoms with Gasteiger partial charge in [0.05, 0.1) is 11.0 Å². The summed E-state index contributed by atoms with van der Waals surface area (Å²) in [6, 6.07) is 6.13. The highest BCUT2D eigenvalue weighted by Crippen LogP contribution is 2.13. The third-order valence-corrected chi connectivity index (χ3v) is 2.02. The summed E-state index contributed by atoms with van der Waals surface area (Å²) in [6.45, 7) is 3.52. The van der Waals surface area contributed by atoms with E-state index in [9.17, 15) is 15.2 Å². The number of non-ortho nitro benzene ring substituents is 1. The number of nitro groups is 1. The number of hydrogen-bond donors (Lipinski definition) is 1. The number of hydrogen-bond acceptors (Lipinski definition) is 3. The topological polar surface area (TPSA) is 63.4 Å². The summed E-state index contributed by atoms with van der Waals surface area (Å²) in [7, 11) is 0. The van der Waals surface area contributed by atoms with Gasteiger partial charge in [-0.15, -0.1) is 6.58 Å². The SMILES string of the molecule is C=CC[C@H](O)/C=C/c1ccc([N+](=O)[O-])cc1.